The fraction of sp³-hybridized carbons (Fsp3) is 0.400. The van der Waals surface area contributed by atoms with Crippen LogP contribution < -0.4 is 9.68 Å². The van der Waals surface area contributed by atoms with Crippen molar-refractivity contribution in [2.24, 2.45) is 0 Å². The summed E-state index contributed by atoms with van der Waals surface area (Å²) in [5.74, 6) is -8.99. The zero-order valence-electron chi connectivity index (χ0n) is 20.8. The van der Waals surface area contributed by atoms with Gasteiger partial charge in [-0.2, -0.15) is 16.8 Å². The van der Waals surface area contributed by atoms with Crippen LogP contribution in [0.3, 0.4) is 0 Å². The number of hydrogen-bond donors (Lipinski definition) is 6. The lowest BCUT2D eigenvalue weighted by molar-refractivity contribution is -0.181. The van der Waals surface area contributed by atoms with Crippen LogP contribution in [0.15, 0.2) is 21.9 Å². The first-order valence-electron chi connectivity index (χ1n) is 11.4. The van der Waals surface area contributed by atoms with Gasteiger partial charge >= 0.3 is 23.9 Å². The number of ether oxygens (including phenoxy) is 2. The SMILES string of the molecule is O=C(CCC(=O)On1c(O)cc(S(=O)(=O)O)c1O)OC1CCC1OC(=O)CCC(=O)On1c(O)cc(S(=O)(=O)O)c1O. The third-order valence-corrected chi connectivity index (χ3v) is 7.20. The Hall–Kier alpha value is -4.54. The predicted octanol–water partition coefficient (Wildman–Crippen LogP) is -1.61. The summed E-state index contributed by atoms with van der Waals surface area (Å²) < 4.78 is 72.6. The smallest absolute Gasteiger partial charge is 0.333 e. The van der Waals surface area contributed by atoms with E-state index in [0.29, 0.717) is 12.1 Å². The van der Waals surface area contributed by atoms with Gasteiger partial charge in [-0.1, -0.05) is 0 Å². The lowest BCUT2D eigenvalue weighted by atomic mass is 9.91. The number of hydrogen-bond acceptors (Lipinski definition) is 16. The number of nitrogens with zero attached hydrogens (tertiary/aromatic N) is 2. The monoisotopic (exact) mass is 642 g/mol. The molecule has 20 nitrogen and oxygen atoms in total. The van der Waals surface area contributed by atoms with E-state index in [-0.39, 0.29) is 22.3 Å². The Labute approximate surface area is 234 Å². The summed E-state index contributed by atoms with van der Waals surface area (Å²) in [5.41, 5.74) is 0. The van der Waals surface area contributed by atoms with Crippen LogP contribution in [-0.4, -0.2) is 91.9 Å². The Bertz CT molecular complexity index is 1500. The maximum Gasteiger partial charge on any atom is 0.333 e. The number of carbonyl (C=O) groups excluding carboxylic acids is 4. The molecule has 0 bridgehead atoms. The summed E-state index contributed by atoms with van der Waals surface area (Å²) >= 11 is 0. The zero-order chi connectivity index (χ0) is 31.6. The van der Waals surface area contributed by atoms with Crippen LogP contribution >= 0.6 is 0 Å². The highest BCUT2D eigenvalue weighted by Gasteiger charge is 2.37. The highest BCUT2D eigenvalue weighted by molar-refractivity contribution is 7.86. The van der Waals surface area contributed by atoms with Crippen molar-refractivity contribution in [3.8, 4) is 23.5 Å². The summed E-state index contributed by atoms with van der Waals surface area (Å²) in [5, 5.41) is 38.6. The average molecular weight is 643 g/mol. The molecule has 0 radical (unpaired) electrons. The standard InChI is InChI=1S/C20H22N2O18S2/c23-13-7-11(41(31,32)33)19(29)21(13)39-17(27)5-3-15(25)37-9-1-2-10(9)38-16(26)4-6-18(28)40-22-14(24)8-12(20(22)30)42(34,35)36/h7-10,23-24,29-30H,1-6H2,(H,31,32,33)(H,34,35,36). The first kappa shape index (κ1) is 32.0. The minimum absolute atomic E-state index is 0.00866. The normalized spacial score (nSPS) is 16.7. The Morgan fingerprint density at radius 1 is 0.643 bits per heavy atom. The molecule has 1 aliphatic rings. The van der Waals surface area contributed by atoms with Gasteiger partial charge in [0.1, 0.15) is 12.2 Å². The number of aromatic hydroxyl groups is 4. The van der Waals surface area contributed by atoms with Crippen LogP contribution in [0.1, 0.15) is 38.5 Å². The molecule has 0 aliphatic heterocycles. The van der Waals surface area contributed by atoms with Crippen molar-refractivity contribution in [1.29, 1.82) is 0 Å². The molecule has 2 heterocycles. The molecule has 0 amide bonds. The molecule has 1 saturated carbocycles. The van der Waals surface area contributed by atoms with Crippen LogP contribution in [0, 0.1) is 0 Å². The zero-order valence-corrected chi connectivity index (χ0v) is 22.5. The van der Waals surface area contributed by atoms with E-state index in [9.17, 15) is 56.4 Å². The van der Waals surface area contributed by atoms with Crippen LogP contribution in [0.25, 0.3) is 0 Å². The van der Waals surface area contributed by atoms with Gasteiger partial charge in [-0.05, 0) is 12.8 Å². The summed E-state index contributed by atoms with van der Waals surface area (Å²) in [6, 6.07) is 0.820. The third kappa shape index (κ3) is 7.59. The number of carbonyl (C=O) groups is 4. The Balaban J connectivity index is 1.41. The molecule has 6 N–H and O–H groups in total. The molecular weight excluding hydrogens is 620 g/mol. The largest absolute Gasteiger partial charge is 0.492 e. The minimum Gasteiger partial charge on any atom is -0.492 e. The number of rotatable bonds is 12. The lowest BCUT2D eigenvalue weighted by Gasteiger charge is -2.35. The van der Waals surface area contributed by atoms with Gasteiger partial charge < -0.3 is 39.6 Å². The highest BCUT2D eigenvalue weighted by Crippen LogP contribution is 2.31. The molecular formula is C20H22N2O18S2. The van der Waals surface area contributed by atoms with Gasteiger partial charge in [-0.3, -0.25) is 18.7 Å². The van der Waals surface area contributed by atoms with E-state index in [2.05, 4.69) is 9.68 Å². The minimum atomic E-state index is -4.95. The van der Waals surface area contributed by atoms with E-state index in [1.54, 1.807) is 0 Å². The molecule has 2 aromatic rings. The average Bonchev–Trinajstić information content (AvgIpc) is 3.32. The second kappa shape index (κ2) is 12.1. The molecule has 0 spiro atoms. The van der Waals surface area contributed by atoms with Crippen molar-refractivity contribution in [2.45, 2.75) is 60.5 Å². The van der Waals surface area contributed by atoms with E-state index < -0.39 is 115 Å². The molecule has 42 heavy (non-hydrogen) atoms. The van der Waals surface area contributed by atoms with E-state index >= 15 is 0 Å². The fourth-order valence-corrected chi connectivity index (χ4v) is 4.46. The second-order valence-corrected chi connectivity index (χ2v) is 11.3. The molecule has 232 valence electrons. The molecule has 3 rings (SSSR count). The van der Waals surface area contributed by atoms with E-state index in [4.69, 9.17) is 18.6 Å². The van der Waals surface area contributed by atoms with Crippen LogP contribution in [0.4, 0.5) is 0 Å². The molecule has 2 unspecified atom stereocenters. The van der Waals surface area contributed by atoms with Gasteiger partial charge in [0.05, 0.1) is 25.7 Å². The maximum atomic E-state index is 12.1. The predicted molar refractivity (Wildman–Crippen MR) is 126 cm³/mol. The fourth-order valence-electron chi connectivity index (χ4n) is 3.32. The van der Waals surface area contributed by atoms with Crippen molar-refractivity contribution in [3.05, 3.63) is 12.1 Å². The van der Waals surface area contributed by atoms with E-state index in [1.807, 2.05) is 0 Å². The maximum absolute atomic E-state index is 12.1. The quantitative estimate of drug-likeness (QED) is 0.112. The Kier molecular flexibility index (Phi) is 9.24. The van der Waals surface area contributed by atoms with Gasteiger partial charge in [0.2, 0.25) is 11.8 Å². The molecule has 22 heteroatoms. The van der Waals surface area contributed by atoms with Crippen molar-refractivity contribution in [2.75, 3.05) is 0 Å². The molecule has 0 aromatic carbocycles. The molecule has 2 aromatic heterocycles. The number of aromatic nitrogens is 2. The first-order valence-corrected chi connectivity index (χ1v) is 14.3. The lowest BCUT2D eigenvalue weighted by Crippen LogP contribution is -2.43. The Morgan fingerprint density at radius 2 is 0.952 bits per heavy atom. The third-order valence-electron chi connectivity index (χ3n) is 5.49. The summed E-state index contributed by atoms with van der Waals surface area (Å²) in [6.45, 7) is 0. The Morgan fingerprint density at radius 3 is 1.21 bits per heavy atom. The van der Waals surface area contributed by atoms with E-state index in [1.165, 1.54) is 0 Å². The van der Waals surface area contributed by atoms with Gasteiger partial charge in [0.15, 0.2) is 9.79 Å². The summed E-state index contributed by atoms with van der Waals surface area (Å²) in [7, 11) is -9.90. The molecule has 1 fully saturated rings. The molecule has 0 saturated heterocycles. The van der Waals surface area contributed by atoms with Crippen molar-refractivity contribution in [3.63, 3.8) is 0 Å². The van der Waals surface area contributed by atoms with Crippen molar-refractivity contribution in [1.82, 2.24) is 9.46 Å². The van der Waals surface area contributed by atoms with Gasteiger partial charge in [0, 0.05) is 12.1 Å². The molecule has 1 aliphatic carbocycles. The van der Waals surface area contributed by atoms with E-state index in [0.717, 1.165) is 0 Å². The molecule has 2 atom stereocenters. The van der Waals surface area contributed by atoms with Gasteiger partial charge in [-0.15, -0.1) is 9.46 Å². The van der Waals surface area contributed by atoms with Crippen LogP contribution in [0.5, 0.6) is 23.5 Å². The number of esters is 2. The van der Waals surface area contributed by atoms with Gasteiger partial charge in [0.25, 0.3) is 32.0 Å². The van der Waals surface area contributed by atoms with Gasteiger partial charge in [-0.25, -0.2) is 9.59 Å². The summed E-state index contributed by atoms with van der Waals surface area (Å²) in [6.07, 6.45) is -3.70. The van der Waals surface area contributed by atoms with Crippen LogP contribution in [-0.2, 0) is 48.9 Å². The second-order valence-electron chi connectivity index (χ2n) is 8.48. The van der Waals surface area contributed by atoms with Crippen molar-refractivity contribution >= 4 is 44.1 Å². The first-order chi connectivity index (χ1) is 19.4. The summed E-state index contributed by atoms with van der Waals surface area (Å²) in [4.78, 5) is 54.8. The highest BCUT2D eigenvalue weighted by atomic mass is 32.2. The van der Waals surface area contributed by atoms with Crippen LogP contribution in [0.2, 0.25) is 0 Å². The topological polar surface area (TPSA) is 305 Å². The van der Waals surface area contributed by atoms with Crippen molar-refractivity contribution < 1.29 is 84.7 Å².